The summed E-state index contributed by atoms with van der Waals surface area (Å²) in [6.07, 6.45) is 3.44. The van der Waals surface area contributed by atoms with Gasteiger partial charge < -0.3 is 9.42 Å². The lowest BCUT2D eigenvalue weighted by molar-refractivity contribution is 0.381. The molecule has 94 valence electrons. The van der Waals surface area contributed by atoms with Crippen LogP contribution in [0, 0.1) is 12.7 Å². The van der Waals surface area contributed by atoms with Gasteiger partial charge in [-0.2, -0.15) is 0 Å². The van der Waals surface area contributed by atoms with Crippen LogP contribution >= 0.6 is 0 Å². The summed E-state index contributed by atoms with van der Waals surface area (Å²) in [7, 11) is 0. The summed E-state index contributed by atoms with van der Waals surface area (Å²) < 4.78 is 18.5. The van der Waals surface area contributed by atoms with Crippen molar-refractivity contribution in [1.29, 1.82) is 0 Å². The second-order valence-corrected chi connectivity index (χ2v) is 4.73. The molecular formula is C14H15FN2O. The Hall–Kier alpha value is -1.84. The van der Waals surface area contributed by atoms with Crippen LogP contribution in [0.4, 0.5) is 15.9 Å². The lowest BCUT2D eigenvalue weighted by Crippen LogP contribution is -2.36. The van der Waals surface area contributed by atoms with Crippen molar-refractivity contribution in [2.24, 2.45) is 0 Å². The minimum Gasteiger partial charge on any atom is -0.360 e. The van der Waals surface area contributed by atoms with Crippen LogP contribution in [0.3, 0.4) is 0 Å². The van der Waals surface area contributed by atoms with E-state index in [1.54, 1.807) is 12.1 Å². The number of rotatable bonds is 3. The van der Waals surface area contributed by atoms with Crippen molar-refractivity contribution in [3.8, 4) is 0 Å². The monoisotopic (exact) mass is 246 g/mol. The highest BCUT2D eigenvalue weighted by Gasteiger charge is 2.28. The van der Waals surface area contributed by atoms with Crippen LogP contribution in [0.1, 0.15) is 25.0 Å². The van der Waals surface area contributed by atoms with Crippen LogP contribution in [-0.4, -0.2) is 11.2 Å². The molecule has 0 bridgehead atoms. The Balaban J connectivity index is 1.99. The number of benzene rings is 1. The third-order valence-corrected chi connectivity index (χ3v) is 3.39. The Kier molecular flexibility index (Phi) is 2.78. The maximum absolute atomic E-state index is 13.4. The average molecular weight is 246 g/mol. The molecule has 0 spiro atoms. The van der Waals surface area contributed by atoms with E-state index in [4.69, 9.17) is 4.52 Å². The maximum atomic E-state index is 13.4. The molecule has 0 saturated heterocycles. The number of hydrogen-bond donors (Lipinski definition) is 0. The van der Waals surface area contributed by atoms with Gasteiger partial charge in [-0.3, -0.25) is 0 Å². The van der Waals surface area contributed by atoms with E-state index in [2.05, 4.69) is 10.1 Å². The number of aromatic nitrogens is 1. The predicted octanol–water partition coefficient (Wildman–Crippen LogP) is 3.81. The van der Waals surface area contributed by atoms with E-state index in [9.17, 15) is 4.39 Å². The molecule has 0 aliphatic heterocycles. The van der Waals surface area contributed by atoms with Crippen molar-refractivity contribution < 1.29 is 8.91 Å². The average Bonchev–Trinajstić information content (AvgIpc) is 2.69. The molecule has 4 heteroatoms. The van der Waals surface area contributed by atoms with Crippen molar-refractivity contribution >= 4 is 11.5 Å². The molecule has 1 fully saturated rings. The van der Waals surface area contributed by atoms with Gasteiger partial charge in [0.25, 0.3) is 0 Å². The smallest absolute Gasteiger partial charge is 0.176 e. The SMILES string of the molecule is Cc1cc(N(c2cccc(F)c2)C2CCC2)no1. The zero-order valence-corrected chi connectivity index (χ0v) is 10.3. The van der Waals surface area contributed by atoms with Gasteiger partial charge in [0.15, 0.2) is 5.82 Å². The van der Waals surface area contributed by atoms with E-state index in [1.165, 1.54) is 12.5 Å². The van der Waals surface area contributed by atoms with Crippen molar-refractivity contribution in [2.75, 3.05) is 4.90 Å². The Morgan fingerprint density at radius 3 is 2.72 bits per heavy atom. The first-order chi connectivity index (χ1) is 8.74. The summed E-state index contributed by atoms with van der Waals surface area (Å²) in [4.78, 5) is 2.07. The van der Waals surface area contributed by atoms with Crippen molar-refractivity contribution in [3.05, 3.63) is 41.9 Å². The van der Waals surface area contributed by atoms with Crippen molar-refractivity contribution in [3.63, 3.8) is 0 Å². The zero-order chi connectivity index (χ0) is 12.5. The molecule has 0 atom stereocenters. The summed E-state index contributed by atoms with van der Waals surface area (Å²) in [5.74, 6) is 1.31. The Labute approximate surface area is 105 Å². The van der Waals surface area contributed by atoms with Gasteiger partial charge in [0.1, 0.15) is 11.6 Å². The van der Waals surface area contributed by atoms with E-state index in [0.29, 0.717) is 6.04 Å². The van der Waals surface area contributed by atoms with Crippen LogP contribution in [0.25, 0.3) is 0 Å². The van der Waals surface area contributed by atoms with Gasteiger partial charge >= 0.3 is 0 Å². The highest BCUT2D eigenvalue weighted by molar-refractivity contribution is 5.61. The van der Waals surface area contributed by atoms with Gasteiger partial charge in [0.05, 0.1) is 0 Å². The number of aryl methyl sites for hydroxylation is 1. The first-order valence-electron chi connectivity index (χ1n) is 6.22. The summed E-state index contributed by atoms with van der Waals surface area (Å²) >= 11 is 0. The van der Waals surface area contributed by atoms with E-state index >= 15 is 0 Å². The normalized spacial score (nSPS) is 15.4. The zero-order valence-electron chi connectivity index (χ0n) is 10.3. The topological polar surface area (TPSA) is 29.3 Å². The van der Waals surface area contributed by atoms with Gasteiger partial charge in [0, 0.05) is 17.8 Å². The second kappa shape index (κ2) is 4.44. The van der Waals surface area contributed by atoms with Crippen LogP contribution in [0.2, 0.25) is 0 Å². The number of halogens is 1. The molecule has 3 nitrogen and oxygen atoms in total. The quantitative estimate of drug-likeness (QED) is 0.824. The van der Waals surface area contributed by atoms with Gasteiger partial charge in [-0.05, 0) is 44.4 Å². The molecule has 1 aliphatic carbocycles. The standard InChI is InChI=1S/C14H15FN2O/c1-10-8-14(16-18-10)17(12-5-3-6-12)13-7-2-4-11(15)9-13/h2,4,7-9,12H,3,5-6H2,1H3. The van der Waals surface area contributed by atoms with Crippen molar-refractivity contribution in [2.45, 2.75) is 32.2 Å². The maximum Gasteiger partial charge on any atom is 0.176 e. The summed E-state index contributed by atoms with van der Waals surface area (Å²) in [6, 6.07) is 8.92. The molecule has 1 saturated carbocycles. The molecule has 1 heterocycles. The second-order valence-electron chi connectivity index (χ2n) is 4.73. The highest BCUT2D eigenvalue weighted by atomic mass is 19.1. The minimum atomic E-state index is -0.225. The fraction of sp³-hybridized carbons (Fsp3) is 0.357. The third-order valence-electron chi connectivity index (χ3n) is 3.39. The number of nitrogens with zero attached hydrogens (tertiary/aromatic N) is 2. The first-order valence-corrected chi connectivity index (χ1v) is 6.22. The fourth-order valence-electron chi connectivity index (χ4n) is 2.27. The fourth-order valence-corrected chi connectivity index (χ4v) is 2.27. The van der Waals surface area contributed by atoms with Gasteiger partial charge in [-0.15, -0.1) is 0 Å². The molecule has 3 rings (SSSR count). The van der Waals surface area contributed by atoms with Crippen LogP contribution in [0.5, 0.6) is 0 Å². The largest absolute Gasteiger partial charge is 0.360 e. The predicted molar refractivity (Wildman–Crippen MR) is 67.4 cm³/mol. The van der Waals surface area contributed by atoms with Gasteiger partial charge in [-0.25, -0.2) is 4.39 Å². The third kappa shape index (κ3) is 1.98. The Morgan fingerprint density at radius 2 is 2.17 bits per heavy atom. The molecule has 0 radical (unpaired) electrons. The van der Waals surface area contributed by atoms with E-state index in [-0.39, 0.29) is 5.82 Å². The molecule has 18 heavy (non-hydrogen) atoms. The molecular weight excluding hydrogens is 231 g/mol. The summed E-state index contributed by atoms with van der Waals surface area (Å²) in [6.45, 7) is 1.86. The van der Waals surface area contributed by atoms with Gasteiger partial charge in [0.2, 0.25) is 0 Å². The van der Waals surface area contributed by atoms with E-state index < -0.39 is 0 Å². The highest BCUT2D eigenvalue weighted by Crippen LogP contribution is 2.35. The summed E-state index contributed by atoms with van der Waals surface area (Å²) in [5.41, 5.74) is 0.841. The molecule has 2 aromatic rings. The number of hydrogen-bond acceptors (Lipinski definition) is 3. The van der Waals surface area contributed by atoms with E-state index in [0.717, 1.165) is 30.1 Å². The Morgan fingerprint density at radius 1 is 1.33 bits per heavy atom. The lowest BCUT2D eigenvalue weighted by Gasteiger charge is -2.37. The van der Waals surface area contributed by atoms with Crippen LogP contribution in [-0.2, 0) is 0 Å². The molecule has 1 aromatic carbocycles. The molecule has 1 aromatic heterocycles. The van der Waals surface area contributed by atoms with Crippen LogP contribution < -0.4 is 4.90 Å². The Bertz CT molecular complexity index is 548. The lowest BCUT2D eigenvalue weighted by atomic mass is 9.91. The number of anilines is 2. The molecule has 1 aliphatic rings. The van der Waals surface area contributed by atoms with Crippen molar-refractivity contribution in [1.82, 2.24) is 5.16 Å². The molecule has 0 N–H and O–H groups in total. The van der Waals surface area contributed by atoms with Crippen LogP contribution in [0.15, 0.2) is 34.9 Å². The summed E-state index contributed by atoms with van der Waals surface area (Å²) in [5, 5.41) is 4.05. The van der Waals surface area contributed by atoms with E-state index in [1.807, 2.05) is 19.1 Å². The minimum absolute atomic E-state index is 0.225. The van der Waals surface area contributed by atoms with Gasteiger partial charge in [-0.1, -0.05) is 11.2 Å². The molecule has 0 unspecified atom stereocenters. The molecule has 0 amide bonds. The first kappa shape index (κ1) is 11.3.